The third kappa shape index (κ3) is 7.64. The first-order valence-electron chi connectivity index (χ1n) is 13.2. The van der Waals surface area contributed by atoms with Gasteiger partial charge in [0.25, 0.3) is 11.8 Å². The van der Waals surface area contributed by atoms with Crippen LogP contribution in [0, 0.1) is 12.8 Å². The molecule has 212 valence electrons. The number of ether oxygens (including phenoxy) is 2. The molecule has 1 saturated carbocycles. The maximum absolute atomic E-state index is 13.1. The van der Waals surface area contributed by atoms with E-state index in [1.165, 1.54) is 18.4 Å². The number of amides is 3. The second-order valence-corrected chi connectivity index (χ2v) is 11.7. The van der Waals surface area contributed by atoms with Gasteiger partial charge in [-0.2, -0.15) is 0 Å². The lowest BCUT2D eigenvalue weighted by Gasteiger charge is -2.22. The molecule has 4 N–H and O–H groups in total. The summed E-state index contributed by atoms with van der Waals surface area (Å²) >= 11 is 1.25. The summed E-state index contributed by atoms with van der Waals surface area (Å²) in [7, 11) is 8.70. The third-order valence-electron chi connectivity index (χ3n) is 6.01. The van der Waals surface area contributed by atoms with E-state index in [4.69, 9.17) is 9.47 Å². The largest absolute Gasteiger partial charge is 0.494 e. The normalized spacial score (nSPS) is 12.9. The van der Waals surface area contributed by atoms with E-state index in [1.807, 2.05) is 35.7 Å². The van der Waals surface area contributed by atoms with Gasteiger partial charge >= 0.3 is 0 Å². The summed E-state index contributed by atoms with van der Waals surface area (Å²) in [5, 5.41) is 20.1. The van der Waals surface area contributed by atoms with Crippen LogP contribution in [0.2, 0.25) is 0 Å². The molecule has 3 aromatic rings. The smallest absolute Gasteiger partial charge is 0.272 e. The van der Waals surface area contributed by atoms with Crippen LogP contribution in [-0.2, 0) is 9.53 Å². The van der Waals surface area contributed by atoms with E-state index in [1.54, 1.807) is 26.2 Å². The van der Waals surface area contributed by atoms with Gasteiger partial charge < -0.3 is 30.7 Å². The summed E-state index contributed by atoms with van der Waals surface area (Å²) in [4.78, 5) is 43.3. The molecule has 4 rings (SSSR count). The summed E-state index contributed by atoms with van der Waals surface area (Å²) < 4.78 is 10.8. The maximum Gasteiger partial charge on any atom is 0.272 e. The molecule has 0 saturated heterocycles. The van der Waals surface area contributed by atoms with E-state index < -0.39 is 11.1 Å². The van der Waals surface area contributed by atoms with E-state index >= 15 is 0 Å². The number of aryl methyl sites for hydroxylation is 1. The van der Waals surface area contributed by atoms with Crippen molar-refractivity contribution in [1.82, 2.24) is 25.8 Å². The number of nitrogens with zero attached hydrogens (tertiary/aromatic N) is 3. The molecule has 1 aliphatic carbocycles. The monoisotopic (exact) mass is 575 g/mol. The lowest BCUT2D eigenvalue weighted by atomic mass is 9.49. The number of hydrogen-bond donors (Lipinski definition) is 4. The number of anilines is 3. The van der Waals surface area contributed by atoms with Crippen LogP contribution in [-0.4, -0.2) is 89.0 Å². The average Bonchev–Trinajstić information content (AvgIpc) is 3.69. The number of thiazole rings is 1. The Morgan fingerprint density at radius 1 is 1.10 bits per heavy atom. The Morgan fingerprint density at radius 3 is 2.51 bits per heavy atom. The number of hydrogen-bond acceptors (Lipinski definition) is 10. The van der Waals surface area contributed by atoms with Gasteiger partial charge in [0.2, 0.25) is 5.91 Å². The Morgan fingerprint density at radius 2 is 1.85 bits per heavy atom. The summed E-state index contributed by atoms with van der Waals surface area (Å²) in [6.07, 6.45) is 1.68. The predicted octanol–water partition coefficient (Wildman–Crippen LogP) is -0.374. The predicted molar refractivity (Wildman–Crippen MR) is 166 cm³/mol. The molecule has 1 aromatic carbocycles. The lowest BCUT2D eigenvalue weighted by molar-refractivity contribution is -0.117. The van der Waals surface area contributed by atoms with Crippen molar-refractivity contribution in [3.63, 3.8) is 0 Å². The molecule has 0 atom stereocenters. The highest BCUT2D eigenvalue weighted by atomic mass is 32.1. The van der Waals surface area contributed by atoms with Crippen molar-refractivity contribution in [2.24, 2.45) is 5.92 Å². The lowest BCUT2D eigenvalue weighted by Crippen LogP contribution is -2.50. The minimum atomic E-state index is -0.511. The average molecular weight is 575 g/mol. The van der Waals surface area contributed by atoms with E-state index in [9.17, 15) is 14.4 Å². The number of rotatable bonds is 12. The van der Waals surface area contributed by atoms with Crippen LogP contribution >= 0.6 is 11.3 Å². The van der Waals surface area contributed by atoms with Crippen molar-refractivity contribution in [3.05, 3.63) is 40.5 Å². The first kappa shape index (κ1) is 30.1. The van der Waals surface area contributed by atoms with Gasteiger partial charge in [0.15, 0.2) is 17.3 Å². The fourth-order valence-electron chi connectivity index (χ4n) is 3.93. The highest BCUT2D eigenvalue weighted by Crippen LogP contribution is 2.40. The summed E-state index contributed by atoms with van der Waals surface area (Å²) in [5.74, 6) is -0.126. The van der Waals surface area contributed by atoms with Gasteiger partial charge in [-0.25, -0.2) is 4.98 Å². The fraction of sp³-hybridized carbons (Fsp3) is 0.360. The summed E-state index contributed by atoms with van der Waals surface area (Å²) in [6, 6.07) is 7.02. The molecule has 0 spiro atoms. The molecule has 16 heteroatoms. The van der Waals surface area contributed by atoms with Crippen molar-refractivity contribution >= 4 is 69.8 Å². The second-order valence-electron chi connectivity index (χ2n) is 10.7. The molecule has 2 aromatic heterocycles. The quantitative estimate of drug-likeness (QED) is 0.167. The number of nitrogens with one attached hydrogen (secondary N) is 4. The number of carbonyl (C=O) groups excluding carboxylic acids is 3. The second kappa shape index (κ2) is 12.7. The molecular weight excluding hydrogens is 543 g/mol. The number of para-hydroxylation sites is 1. The Labute approximate surface area is 245 Å². The number of methoxy groups -OCH3 is 2. The number of aromatic nitrogens is 3. The number of benzene rings is 1. The zero-order chi connectivity index (χ0) is 29.7. The molecule has 41 heavy (non-hydrogen) atoms. The van der Waals surface area contributed by atoms with Crippen molar-refractivity contribution in [2.45, 2.75) is 25.0 Å². The van der Waals surface area contributed by atoms with Gasteiger partial charge in [0, 0.05) is 25.6 Å². The van der Waals surface area contributed by atoms with Crippen LogP contribution in [0.25, 0.3) is 10.6 Å². The van der Waals surface area contributed by atoms with Crippen molar-refractivity contribution < 1.29 is 23.9 Å². The molecular formula is C25H32B3N7O5S. The van der Waals surface area contributed by atoms with Gasteiger partial charge in [-0.15, -0.1) is 21.5 Å². The van der Waals surface area contributed by atoms with Crippen molar-refractivity contribution in [1.29, 1.82) is 0 Å². The molecule has 0 radical (unpaired) electrons. The van der Waals surface area contributed by atoms with Crippen molar-refractivity contribution in [2.75, 3.05) is 38.0 Å². The summed E-state index contributed by atoms with van der Waals surface area (Å²) in [6.45, 7) is 2.57. The van der Waals surface area contributed by atoms with E-state index in [2.05, 4.69) is 36.4 Å². The zero-order valence-electron chi connectivity index (χ0n) is 24.0. The van der Waals surface area contributed by atoms with Crippen LogP contribution in [0.5, 0.6) is 5.75 Å². The Bertz CT molecular complexity index is 1460. The Kier molecular flexibility index (Phi) is 9.33. The van der Waals surface area contributed by atoms with Gasteiger partial charge in [0.1, 0.15) is 33.4 Å². The molecule has 0 bridgehead atoms. The molecule has 3 amide bonds. The SMILES string of the molecule is BC(B)(B)NC(=O)c1nnc(NC(=O)C2CC2)cc1Nc1cccc(-c2nc(C)c(C(=O)NCCOC)s2)c1OC. The highest BCUT2D eigenvalue weighted by Gasteiger charge is 2.30. The minimum absolute atomic E-state index is 0.0254. The Balaban J connectivity index is 1.68. The van der Waals surface area contributed by atoms with E-state index in [0.717, 1.165) is 12.8 Å². The van der Waals surface area contributed by atoms with E-state index in [0.29, 0.717) is 51.4 Å². The highest BCUT2D eigenvalue weighted by molar-refractivity contribution is 7.17. The zero-order valence-corrected chi connectivity index (χ0v) is 24.8. The van der Waals surface area contributed by atoms with Gasteiger partial charge in [0.05, 0.1) is 36.3 Å². The molecule has 0 unspecified atom stereocenters. The molecule has 2 heterocycles. The Hall–Kier alpha value is -3.91. The fourth-order valence-corrected chi connectivity index (χ4v) is 4.93. The van der Waals surface area contributed by atoms with Crippen LogP contribution in [0.15, 0.2) is 24.3 Å². The molecule has 0 aliphatic heterocycles. The third-order valence-corrected chi connectivity index (χ3v) is 7.20. The van der Waals surface area contributed by atoms with Crippen LogP contribution in [0.4, 0.5) is 17.2 Å². The standard InChI is InChI=1S/C25H32B3N7O5S/c1-12-20(23(38)29-9-10-39-2)41-24(30-12)14-5-4-6-15(19(14)40-3)31-16-11-17(32-21(36)13-7-8-13)34-35-18(16)22(37)33-25(26,27)28/h4-6,11,13H,7-10,26-28H2,1-3H3,(H,29,38)(H,33,37)(H2,31,32,34,36). The topological polar surface area (TPSA) is 156 Å². The summed E-state index contributed by atoms with van der Waals surface area (Å²) in [5.41, 5.74) is 2.16. The first-order valence-corrected chi connectivity index (χ1v) is 14.0. The molecule has 12 nitrogen and oxygen atoms in total. The molecule has 1 fully saturated rings. The van der Waals surface area contributed by atoms with E-state index in [-0.39, 0.29) is 29.2 Å². The molecule has 1 aliphatic rings. The van der Waals surface area contributed by atoms with Gasteiger partial charge in [-0.05, 0) is 37.1 Å². The van der Waals surface area contributed by atoms with Crippen LogP contribution in [0.3, 0.4) is 0 Å². The number of carbonyl (C=O) groups is 3. The minimum Gasteiger partial charge on any atom is -0.494 e. The van der Waals surface area contributed by atoms with Crippen LogP contribution < -0.4 is 26.0 Å². The van der Waals surface area contributed by atoms with Crippen LogP contribution in [0.1, 0.15) is 38.7 Å². The maximum atomic E-state index is 13.1. The van der Waals surface area contributed by atoms with Crippen molar-refractivity contribution in [3.8, 4) is 16.3 Å². The van der Waals surface area contributed by atoms with Gasteiger partial charge in [-0.1, -0.05) is 6.07 Å². The first-order chi connectivity index (χ1) is 19.5. The van der Waals surface area contributed by atoms with Gasteiger partial charge in [-0.3, -0.25) is 14.4 Å².